The number of benzene rings is 1. The number of thioether (sulfide) groups is 1. The van der Waals surface area contributed by atoms with Gasteiger partial charge < -0.3 is 5.11 Å². The van der Waals surface area contributed by atoms with Gasteiger partial charge in [0.1, 0.15) is 10.6 Å². The summed E-state index contributed by atoms with van der Waals surface area (Å²) in [5, 5.41) is 18.2. The Morgan fingerprint density at radius 3 is 2.67 bits per heavy atom. The molecule has 1 aromatic carbocycles. The molecule has 0 heterocycles. The third kappa shape index (κ3) is 1.99. The van der Waals surface area contributed by atoms with Gasteiger partial charge >= 0.3 is 0 Å². The molecule has 2 nitrogen and oxygen atoms in total. The Balaban J connectivity index is 2.16. The summed E-state index contributed by atoms with van der Waals surface area (Å²) >= 11 is 1.21. The predicted octanol–water partition coefficient (Wildman–Crippen LogP) is 2.33. The van der Waals surface area contributed by atoms with Crippen LogP contribution in [-0.2, 0) is 0 Å². The molecule has 1 N–H and O–H groups in total. The molecule has 2 rings (SSSR count). The van der Waals surface area contributed by atoms with E-state index in [4.69, 9.17) is 5.26 Å². The number of rotatable bonds is 2. The zero-order chi connectivity index (χ0) is 10.9. The monoisotopic (exact) mass is 223 g/mol. The van der Waals surface area contributed by atoms with Crippen LogP contribution in [0.1, 0.15) is 12.8 Å². The van der Waals surface area contributed by atoms with Crippen molar-refractivity contribution >= 4 is 11.8 Å². The fourth-order valence-corrected chi connectivity index (χ4v) is 2.97. The van der Waals surface area contributed by atoms with Gasteiger partial charge in [-0.25, -0.2) is 4.39 Å². The summed E-state index contributed by atoms with van der Waals surface area (Å²) in [6.07, 6.45) is 0.425. The molecule has 78 valence electrons. The average Bonchev–Trinajstić information content (AvgIpc) is 2.18. The molecule has 1 aliphatic rings. The van der Waals surface area contributed by atoms with E-state index in [-0.39, 0.29) is 5.82 Å². The Bertz CT molecular complexity index is 409. The van der Waals surface area contributed by atoms with Crippen LogP contribution < -0.4 is 0 Å². The summed E-state index contributed by atoms with van der Waals surface area (Å²) in [5.74, 6) is -0.307. The van der Waals surface area contributed by atoms with Crippen molar-refractivity contribution in [3.63, 3.8) is 0 Å². The van der Waals surface area contributed by atoms with E-state index in [2.05, 4.69) is 6.07 Å². The number of nitriles is 1. The van der Waals surface area contributed by atoms with Gasteiger partial charge in [0, 0.05) is 17.7 Å². The van der Waals surface area contributed by atoms with Crippen LogP contribution in [0.2, 0.25) is 0 Å². The summed E-state index contributed by atoms with van der Waals surface area (Å²) in [6.45, 7) is 0. The number of hydrogen-bond donors (Lipinski definition) is 1. The van der Waals surface area contributed by atoms with E-state index in [1.54, 1.807) is 18.2 Å². The lowest BCUT2D eigenvalue weighted by molar-refractivity contribution is 0.0803. The summed E-state index contributed by atoms with van der Waals surface area (Å²) in [6, 6.07) is 8.55. The van der Waals surface area contributed by atoms with Crippen molar-refractivity contribution in [3.05, 3.63) is 30.1 Å². The first-order valence-electron chi connectivity index (χ1n) is 4.68. The van der Waals surface area contributed by atoms with E-state index < -0.39 is 10.9 Å². The first-order valence-corrected chi connectivity index (χ1v) is 5.50. The fourth-order valence-electron chi connectivity index (χ4n) is 1.64. The van der Waals surface area contributed by atoms with Crippen molar-refractivity contribution in [2.45, 2.75) is 28.6 Å². The molecule has 0 saturated heterocycles. The van der Waals surface area contributed by atoms with E-state index >= 15 is 0 Å². The molecular formula is C11H10FNOS. The van der Waals surface area contributed by atoms with Crippen molar-refractivity contribution in [1.29, 1.82) is 5.26 Å². The van der Waals surface area contributed by atoms with Gasteiger partial charge in [-0.3, -0.25) is 0 Å². The van der Waals surface area contributed by atoms with Gasteiger partial charge in [0.2, 0.25) is 0 Å². The van der Waals surface area contributed by atoms with E-state index in [0.29, 0.717) is 17.7 Å². The van der Waals surface area contributed by atoms with E-state index in [1.165, 1.54) is 17.8 Å². The first-order chi connectivity index (χ1) is 7.15. The van der Waals surface area contributed by atoms with E-state index in [9.17, 15) is 9.50 Å². The Labute approximate surface area is 91.7 Å². The highest BCUT2D eigenvalue weighted by atomic mass is 32.2. The van der Waals surface area contributed by atoms with Crippen LogP contribution in [0.5, 0.6) is 0 Å². The Hall–Kier alpha value is -1.05. The zero-order valence-electron chi connectivity index (χ0n) is 7.98. The predicted molar refractivity (Wildman–Crippen MR) is 55.8 cm³/mol. The highest BCUT2D eigenvalue weighted by molar-refractivity contribution is 8.01. The van der Waals surface area contributed by atoms with Crippen molar-refractivity contribution < 1.29 is 9.50 Å². The van der Waals surface area contributed by atoms with Crippen LogP contribution in [-0.4, -0.2) is 16.0 Å². The quantitative estimate of drug-likeness (QED) is 0.836. The molecule has 0 amide bonds. The maximum absolute atomic E-state index is 13.3. The second-order valence-corrected chi connectivity index (χ2v) is 5.13. The standard InChI is InChI=1S/C11H10FNOS/c12-9-3-1-2-4-10(9)15-11(7-13)5-8(14)6-11/h1-4,8,14H,5-6H2. The minimum Gasteiger partial charge on any atom is -0.393 e. The minimum atomic E-state index is -0.637. The second kappa shape index (κ2) is 3.84. The normalized spacial score (nSPS) is 29.3. The SMILES string of the molecule is N#CC1(Sc2ccccc2F)CC(O)C1. The fraction of sp³-hybridized carbons (Fsp3) is 0.364. The maximum atomic E-state index is 13.3. The smallest absolute Gasteiger partial charge is 0.136 e. The zero-order valence-corrected chi connectivity index (χ0v) is 8.80. The average molecular weight is 223 g/mol. The number of nitrogens with zero attached hydrogens (tertiary/aromatic N) is 1. The maximum Gasteiger partial charge on any atom is 0.136 e. The van der Waals surface area contributed by atoms with Gasteiger partial charge in [-0.15, -0.1) is 11.8 Å². The largest absolute Gasteiger partial charge is 0.393 e. The Morgan fingerprint density at radius 1 is 1.47 bits per heavy atom. The summed E-state index contributed by atoms with van der Waals surface area (Å²) in [5.41, 5.74) is 0. The van der Waals surface area contributed by atoms with Crippen LogP contribution in [0.3, 0.4) is 0 Å². The summed E-state index contributed by atoms with van der Waals surface area (Å²) < 4.78 is 12.7. The summed E-state index contributed by atoms with van der Waals surface area (Å²) in [7, 11) is 0. The Kier molecular flexibility index (Phi) is 2.68. The highest BCUT2D eigenvalue weighted by Crippen LogP contribution is 2.47. The molecule has 15 heavy (non-hydrogen) atoms. The first kappa shape index (κ1) is 10.5. The molecule has 0 atom stereocenters. The lowest BCUT2D eigenvalue weighted by Gasteiger charge is -2.38. The molecule has 4 heteroatoms. The highest BCUT2D eigenvalue weighted by Gasteiger charge is 2.45. The summed E-state index contributed by atoms with van der Waals surface area (Å²) in [4.78, 5) is 0.478. The molecule has 0 aliphatic heterocycles. The molecule has 1 fully saturated rings. The molecule has 1 saturated carbocycles. The van der Waals surface area contributed by atoms with E-state index in [0.717, 1.165) is 0 Å². The van der Waals surface area contributed by atoms with Crippen molar-refractivity contribution in [2.24, 2.45) is 0 Å². The molecule has 1 aromatic rings. The van der Waals surface area contributed by atoms with Crippen LogP contribution in [0.4, 0.5) is 4.39 Å². The molecule has 0 aromatic heterocycles. The number of hydrogen-bond acceptors (Lipinski definition) is 3. The Morgan fingerprint density at radius 2 is 2.13 bits per heavy atom. The van der Waals surface area contributed by atoms with Gasteiger partial charge in [-0.2, -0.15) is 5.26 Å². The van der Waals surface area contributed by atoms with Gasteiger partial charge in [0.05, 0.1) is 12.2 Å². The van der Waals surface area contributed by atoms with Crippen LogP contribution >= 0.6 is 11.8 Å². The van der Waals surface area contributed by atoms with Crippen LogP contribution in [0.15, 0.2) is 29.2 Å². The molecule has 0 bridgehead atoms. The molecule has 1 aliphatic carbocycles. The molecule has 0 radical (unpaired) electrons. The van der Waals surface area contributed by atoms with Crippen LogP contribution in [0.25, 0.3) is 0 Å². The van der Waals surface area contributed by atoms with Crippen molar-refractivity contribution in [3.8, 4) is 6.07 Å². The lowest BCUT2D eigenvalue weighted by Crippen LogP contribution is -2.43. The molecule has 0 spiro atoms. The lowest BCUT2D eigenvalue weighted by atomic mass is 9.82. The molecule has 0 unspecified atom stereocenters. The number of aliphatic hydroxyl groups is 1. The van der Waals surface area contributed by atoms with Gasteiger partial charge in [-0.1, -0.05) is 12.1 Å². The van der Waals surface area contributed by atoms with Crippen molar-refractivity contribution in [1.82, 2.24) is 0 Å². The van der Waals surface area contributed by atoms with Gasteiger partial charge in [0.15, 0.2) is 0 Å². The third-order valence-corrected chi connectivity index (χ3v) is 3.84. The van der Waals surface area contributed by atoms with Crippen molar-refractivity contribution in [2.75, 3.05) is 0 Å². The van der Waals surface area contributed by atoms with Gasteiger partial charge in [-0.05, 0) is 12.1 Å². The third-order valence-electron chi connectivity index (χ3n) is 2.48. The van der Waals surface area contributed by atoms with Gasteiger partial charge in [0.25, 0.3) is 0 Å². The topological polar surface area (TPSA) is 44.0 Å². The minimum absolute atomic E-state index is 0.307. The number of halogens is 1. The number of aliphatic hydroxyl groups excluding tert-OH is 1. The molecular weight excluding hydrogens is 213 g/mol. The second-order valence-electron chi connectivity index (χ2n) is 3.70. The van der Waals surface area contributed by atoms with Crippen LogP contribution in [0, 0.1) is 17.1 Å². The van der Waals surface area contributed by atoms with E-state index in [1.807, 2.05) is 0 Å².